The van der Waals surface area contributed by atoms with Crippen molar-refractivity contribution in [3.63, 3.8) is 0 Å². The minimum Gasteiger partial charge on any atom is -0.348 e. The molecule has 3 atom stereocenters. The van der Waals surface area contributed by atoms with Gasteiger partial charge in [-0.25, -0.2) is 8.42 Å². The summed E-state index contributed by atoms with van der Waals surface area (Å²) in [6.45, 7) is 12.1. The maximum atomic E-state index is 12.9. The number of rotatable bonds is 13. The van der Waals surface area contributed by atoms with E-state index >= 15 is 0 Å². The van der Waals surface area contributed by atoms with E-state index in [1.807, 2.05) is 41.5 Å². The van der Waals surface area contributed by atoms with Crippen molar-refractivity contribution in [1.82, 2.24) is 16.0 Å². The highest BCUT2D eigenvalue weighted by atomic mass is 32.2. The van der Waals surface area contributed by atoms with Gasteiger partial charge in [-0.15, -0.1) is 0 Å². The van der Waals surface area contributed by atoms with Gasteiger partial charge >= 0.3 is 0 Å². The fourth-order valence-electron chi connectivity index (χ4n) is 3.02. The van der Waals surface area contributed by atoms with Gasteiger partial charge in [-0.1, -0.05) is 47.6 Å². The number of hydrogen-bond donors (Lipinski definition) is 3. The van der Waals surface area contributed by atoms with E-state index in [0.717, 1.165) is 11.7 Å². The molecule has 0 saturated heterocycles. The zero-order valence-electron chi connectivity index (χ0n) is 19.3. The van der Waals surface area contributed by atoms with Crippen molar-refractivity contribution < 1.29 is 18.0 Å². The largest absolute Gasteiger partial charge is 0.348 e. The maximum absolute atomic E-state index is 12.9. The lowest BCUT2D eigenvalue weighted by Gasteiger charge is -2.26. The molecule has 0 aliphatic heterocycles. The van der Waals surface area contributed by atoms with Crippen molar-refractivity contribution in [2.45, 2.75) is 78.9 Å². The van der Waals surface area contributed by atoms with Crippen molar-refractivity contribution in [2.24, 2.45) is 17.8 Å². The molecule has 7 nitrogen and oxygen atoms in total. The second kappa shape index (κ2) is 13.0. The van der Waals surface area contributed by atoms with E-state index < -0.39 is 21.9 Å². The van der Waals surface area contributed by atoms with Crippen LogP contribution in [0.1, 0.15) is 60.8 Å². The Morgan fingerprint density at radius 3 is 1.66 bits per heavy atom. The van der Waals surface area contributed by atoms with Crippen molar-refractivity contribution in [2.75, 3.05) is 13.3 Å². The Labute approximate surface area is 177 Å². The lowest BCUT2D eigenvalue weighted by atomic mass is 9.99. The average molecular weight is 432 g/mol. The molecule has 0 saturated carbocycles. The van der Waals surface area contributed by atoms with E-state index in [0.29, 0.717) is 25.2 Å². The number of carbonyl (C=O) groups excluding carboxylic acids is 2. The summed E-state index contributed by atoms with van der Waals surface area (Å²) in [7, 11) is -1.55. The quantitative estimate of drug-likeness (QED) is 0.415. The summed E-state index contributed by atoms with van der Waals surface area (Å²) in [4.78, 5) is 25.6. The predicted molar refractivity (Wildman–Crippen MR) is 119 cm³/mol. The summed E-state index contributed by atoms with van der Waals surface area (Å²) in [5, 5.41) is 9.92. The van der Waals surface area contributed by atoms with E-state index in [9.17, 15) is 18.0 Å². The van der Waals surface area contributed by atoms with Gasteiger partial charge in [-0.2, -0.15) is 0 Å². The summed E-state index contributed by atoms with van der Waals surface area (Å²) in [5.74, 6) is 0.318. The minimum atomic E-state index is -3.29. The van der Waals surface area contributed by atoms with Crippen LogP contribution in [0.15, 0.2) is 11.5 Å². The lowest BCUT2D eigenvalue weighted by Crippen LogP contribution is -2.54. The lowest BCUT2D eigenvalue weighted by molar-refractivity contribution is -0.130. The number of amides is 2. The van der Waals surface area contributed by atoms with Crippen LogP contribution in [0.3, 0.4) is 0 Å². The Morgan fingerprint density at radius 2 is 1.24 bits per heavy atom. The van der Waals surface area contributed by atoms with Gasteiger partial charge in [0.1, 0.15) is 6.04 Å². The van der Waals surface area contributed by atoms with Crippen LogP contribution in [-0.2, 0) is 19.4 Å². The highest BCUT2D eigenvalue weighted by molar-refractivity contribution is 7.93. The summed E-state index contributed by atoms with van der Waals surface area (Å²) in [6, 6.07) is -1.46. The fraction of sp³-hybridized carbons (Fsp3) is 0.810. The Balaban J connectivity index is 5.37. The highest BCUT2D eigenvalue weighted by Gasteiger charge is 2.27. The van der Waals surface area contributed by atoms with Crippen LogP contribution in [0, 0.1) is 17.8 Å². The Kier molecular flexibility index (Phi) is 12.4. The number of nitrogens with one attached hydrogen (secondary N) is 3. The third-order valence-corrected chi connectivity index (χ3v) is 4.97. The molecule has 0 aliphatic carbocycles. The third kappa shape index (κ3) is 13.4. The van der Waals surface area contributed by atoms with Crippen LogP contribution in [0.2, 0.25) is 0 Å². The first-order chi connectivity index (χ1) is 13.2. The van der Waals surface area contributed by atoms with Gasteiger partial charge in [0.05, 0.1) is 6.04 Å². The van der Waals surface area contributed by atoms with Crippen LogP contribution < -0.4 is 16.0 Å². The smallest absolute Gasteiger partial charge is 0.243 e. The second-order valence-corrected chi connectivity index (χ2v) is 11.0. The molecule has 0 aliphatic rings. The molecule has 0 aromatic carbocycles. The number of likely N-dealkylation sites (N-methyl/N-ethyl adjacent to an activating group) is 1. The second-order valence-electron chi connectivity index (χ2n) is 9.06. The number of sulfone groups is 1. The third-order valence-electron chi connectivity index (χ3n) is 4.32. The fourth-order valence-corrected chi connectivity index (χ4v) is 3.49. The molecule has 0 bridgehead atoms. The molecule has 0 aromatic rings. The molecule has 0 spiro atoms. The summed E-state index contributed by atoms with van der Waals surface area (Å²) < 4.78 is 22.9. The van der Waals surface area contributed by atoms with Crippen LogP contribution in [-0.4, -0.2) is 51.7 Å². The molecular formula is C21H41N3O4S. The van der Waals surface area contributed by atoms with Crippen molar-refractivity contribution >= 4 is 21.7 Å². The highest BCUT2D eigenvalue weighted by Crippen LogP contribution is 2.11. The first-order valence-corrected chi connectivity index (χ1v) is 12.4. The average Bonchev–Trinajstić information content (AvgIpc) is 2.54. The molecule has 170 valence electrons. The molecule has 2 amide bonds. The SMILES string of the molecule is CN[C@@H](CC(C)C)C(=O)N[C@@H](CC(C)C)C(=O)N[C@H](C=CS(C)(=O)=O)CC(C)C. The first-order valence-electron chi connectivity index (χ1n) is 10.4. The molecule has 29 heavy (non-hydrogen) atoms. The van der Waals surface area contributed by atoms with E-state index in [4.69, 9.17) is 0 Å². The van der Waals surface area contributed by atoms with Crippen LogP contribution in [0.4, 0.5) is 0 Å². The van der Waals surface area contributed by atoms with E-state index in [-0.39, 0.29) is 29.7 Å². The standard InChI is InChI=1S/C21H41N3O4S/c1-14(2)11-17(9-10-29(8,27)28)23-21(26)19(13-16(5)6)24-20(25)18(22-7)12-15(3)4/h9-10,14-19,22H,11-13H2,1-8H3,(H,23,26)(H,24,25)/t17-,18+,19+/m1/s1. The Bertz CT molecular complexity index is 642. The minimum absolute atomic E-state index is 0.200. The van der Waals surface area contributed by atoms with Gasteiger partial charge in [0.15, 0.2) is 9.84 Å². The molecule has 0 fully saturated rings. The molecule has 0 radical (unpaired) electrons. The van der Waals surface area contributed by atoms with Gasteiger partial charge in [-0.05, 0) is 44.1 Å². The predicted octanol–water partition coefficient (Wildman–Crippen LogP) is 2.24. The zero-order chi connectivity index (χ0) is 22.8. The van der Waals surface area contributed by atoms with Crippen molar-refractivity contribution in [1.29, 1.82) is 0 Å². The first kappa shape index (κ1) is 27.6. The van der Waals surface area contributed by atoms with Gasteiger partial charge in [-0.3, -0.25) is 9.59 Å². The molecule has 0 aromatic heterocycles. The molecule has 0 heterocycles. The Morgan fingerprint density at radius 1 is 0.793 bits per heavy atom. The molecule has 0 unspecified atom stereocenters. The van der Waals surface area contributed by atoms with E-state index in [1.165, 1.54) is 6.08 Å². The van der Waals surface area contributed by atoms with Gasteiger partial charge < -0.3 is 16.0 Å². The van der Waals surface area contributed by atoms with Gasteiger partial charge in [0, 0.05) is 17.7 Å². The molecule has 3 N–H and O–H groups in total. The number of carbonyl (C=O) groups is 2. The molecule has 0 rings (SSSR count). The van der Waals surface area contributed by atoms with E-state index in [1.54, 1.807) is 7.05 Å². The zero-order valence-corrected chi connectivity index (χ0v) is 20.1. The Hall–Kier alpha value is -1.41. The van der Waals surface area contributed by atoms with Crippen molar-refractivity contribution in [3.05, 3.63) is 11.5 Å². The van der Waals surface area contributed by atoms with E-state index in [2.05, 4.69) is 16.0 Å². The van der Waals surface area contributed by atoms with Gasteiger partial charge in [0.2, 0.25) is 11.8 Å². The summed E-state index contributed by atoms with van der Waals surface area (Å²) in [5.41, 5.74) is 0. The van der Waals surface area contributed by atoms with Crippen molar-refractivity contribution in [3.8, 4) is 0 Å². The van der Waals surface area contributed by atoms with Crippen LogP contribution in [0.5, 0.6) is 0 Å². The monoisotopic (exact) mass is 431 g/mol. The van der Waals surface area contributed by atoms with Gasteiger partial charge in [0.25, 0.3) is 0 Å². The summed E-state index contributed by atoms with van der Waals surface area (Å²) in [6.07, 6.45) is 4.40. The molecular weight excluding hydrogens is 390 g/mol. The van der Waals surface area contributed by atoms with Crippen LogP contribution >= 0.6 is 0 Å². The number of hydrogen-bond acceptors (Lipinski definition) is 5. The maximum Gasteiger partial charge on any atom is 0.243 e. The normalized spacial score (nSPS) is 15.7. The summed E-state index contributed by atoms with van der Waals surface area (Å²) >= 11 is 0. The van der Waals surface area contributed by atoms with Crippen LogP contribution in [0.25, 0.3) is 0 Å². The topological polar surface area (TPSA) is 104 Å². The molecule has 8 heteroatoms.